The van der Waals surface area contributed by atoms with Gasteiger partial charge < -0.3 is 9.84 Å². The van der Waals surface area contributed by atoms with Crippen LogP contribution in [0, 0.1) is 19.7 Å². The number of benzene rings is 3. The van der Waals surface area contributed by atoms with Crippen molar-refractivity contribution in [2.45, 2.75) is 33.4 Å². The van der Waals surface area contributed by atoms with Gasteiger partial charge in [-0.3, -0.25) is 4.90 Å². The van der Waals surface area contributed by atoms with Crippen molar-refractivity contribution in [2.75, 3.05) is 0 Å². The van der Waals surface area contributed by atoms with E-state index in [1.165, 1.54) is 12.1 Å². The van der Waals surface area contributed by atoms with Gasteiger partial charge in [0.05, 0.1) is 18.2 Å². The van der Waals surface area contributed by atoms with Gasteiger partial charge in [0.25, 0.3) is 5.89 Å². The van der Waals surface area contributed by atoms with E-state index in [1.807, 2.05) is 69.3 Å². The van der Waals surface area contributed by atoms with Crippen LogP contribution in [-0.2, 0) is 6.54 Å². The third kappa shape index (κ3) is 4.45. The molecule has 0 saturated carbocycles. The summed E-state index contributed by atoms with van der Waals surface area (Å²) < 4.78 is 19.4. The van der Waals surface area contributed by atoms with Gasteiger partial charge in [-0.05, 0) is 49.6 Å². The molecule has 1 aromatic heterocycles. The van der Waals surface area contributed by atoms with Crippen LogP contribution in [-0.4, -0.2) is 21.1 Å². The monoisotopic (exact) mass is 468 g/mol. The first kappa shape index (κ1) is 22.5. The smallest absolute Gasteiger partial charge is 0.322 e. The van der Waals surface area contributed by atoms with Crippen LogP contribution < -0.4 is 5.32 Å². The minimum atomic E-state index is -0.567. The number of nitrogens with zero attached hydrogens (tertiary/aromatic N) is 3. The largest absolute Gasteiger partial charge is 0.334 e. The van der Waals surface area contributed by atoms with Gasteiger partial charge in [0, 0.05) is 11.3 Å². The van der Waals surface area contributed by atoms with Crippen molar-refractivity contribution < 1.29 is 13.7 Å². The molecule has 0 spiro atoms. The van der Waals surface area contributed by atoms with Gasteiger partial charge in [-0.1, -0.05) is 71.4 Å². The molecule has 7 heteroatoms. The van der Waals surface area contributed by atoms with E-state index in [0.29, 0.717) is 29.5 Å². The number of nitrogens with one attached hydrogen (secondary N) is 1. The molecule has 176 valence electrons. The van der Waals surface area contributed by atoms with Crippen molar-refractivity contribution >= 4 is 11.6 Å². The number of allylic oxidation sites excluding steroid dienone is 1. The molecule has 1 aliphatic rings. The highest BCUT2D eigenvalue weighted by molar-refractivity contribution is 5.87. The van der Waals surface area contributed by atoms with Gasteiger partial charge >= 0.3 is 6.03 Å². The normalized spacial score (nSPS) is 15.9. The predicted octanol–water partition coefficient (Wildman–Crippen LogP) is 6.19. The topological polar surface area (TPSA) is 71.3 Å². The molecule has 2 amide bonds. The molecule has 0 fully saturated rings. The van der Waals surface area contributed by atoms with Crippen molar-refractivity contribution in [3.8, 4) is 11.4 Å². The van der Waals surface area contributed by atoms with Crippen LogP contribution in [0.1, 0.15) is 41.1 Å². The summed E-state index contributed by atoms with van der Waals surface area (Å²) in [4.78, 5) is 19.6. The van der Waals surface area contributed by atoms with E-state index in [4.69, 9.17) is 4.52 Å². The lowest BCUT2D eigenvalue weighted by atomic mass is 9.94. The summed E-state index contributed by atoms with van der Waals surface area (Å²) in [6.45, 7) is 6.30. The molecule has 2 heterocycles. The number of aromatic nitrogens is 2. The summed E-state index contributed by atoms with van der Waals surface area (Å²) in [7, 11) is 0. The van der Waals surface area contributed by atoms with E-state index in [2.05, 4.69) is 15.5 Å². The summed E-state index contributed by atoms with van der Waals surface area (Å²) in [5.41, 5.74) is 6.19. The third-order valence-electron chi connectivity index (χ3n) is 6.36. The Labute approximate surface area is 203 Å². The van der Waals surface area contributed by atoms with E-state index >= 15 is 0 Å². The van der Waals surface area contributed by atoms with Crippen LogP contribution in [0.5, 0.6) is 0 Å². The highest BCUT2D eigenvalue weighted by Crippen LogP contribution is 2.38. The highest BCUT2D eigenvalue weighted by atomic mass is 19.1. The Balaban J connectivity index is 1.60. The summed E-state index contributed by atoms with van der Waals surface area (Å²) in [5, 5.41) is 7.25. The van der Waals surface area contributed by atoms with Crippen LogP contribution in [0.4, 0.5) is 9.18 Å². The fourth-order valence-corrected chi connectivity index (χ4v) is 4.26. The average Bonchev–Trinajstić information content (AvgIpc) is 3.33. The summed E-state index contributed by atoms with van der Waals surface area (Å²) in [5.74, 6) is 0.418. The Morgan fingerprint density at radius 3 is 2.40 bits per heavy atom. The molecule has 0 aliphatic carbocycles. The second-order valence-electron chi connectivity index (χ2n) is 8.73. The van der Waals surface area contributed by atoms with Gasteiger partial charge in [0.1, 0.15) is 5.82 Å². The molecular weight excluding hydrogens is 443 g/mol. The molecule has 1 aliphatic heterocycles. The molecule has 3 aromatic carbocycles. The molecule has 6 nitrogen and oxygen atoms in total. The quantitative estimate of drug-likeness (QED) is 0.379. The van der Waals surface area contributed by atoms with Gasteiger partial charge in [-0.15, -0.1) is 0 Å². The Hall–Kier alpha value is -4.26. The van der Waals surface area contributed by atoms with Crippen LogP contribution in [0.25, 0.3) is 17.0 Å². The van der Waals surface area contributed by atoms with Crippen molar-refractivity contribution in [1.82, 2.24) is 20.4 Å². The molecule has 0 saturated heterocycles. The fraction of sp³-hybridized carbons (Fsp3) is 0.179. The third-order valence-corrected chi connectivity index (χ3v) is 6.36. The first-order valence-electron chi connectivity index (χ1n) is 11.4. The number of halogens is 1. The number of urea groups is 1. The summed E-state index contributed by atoms with van der Waals surface area (Å²) in [6.07, 6.45) is 0. The number of rotatable bonds is 5. The van der Waals surface area contributed by atoms with Crippen molar-refractivity contribution in [3.63, 3.8) is 0 Å². The van der Waals surface area contributed by atoms with E-state index in [9.17, 15) is 9.18 Å². The number of aryl methyl sites for hydroxylation is 2. The molecule has 1 atom stereocenters. The van der Waals surface area contributed by atoms with Crippen molar-refractivity contribution in [1.29, 1.82) is 0 Å². The second kappa shape index (κ2) is 9.18. The lowest BCUT2D eigenvalue weighted by molar-refractivity contribution is 0.203. The maximum absolute atomic E-state index is 13.6. The maximum Gasteiger partial charge on any atom is 0.322 e. The van der Waals surface area contributed by atoms with Crippen LogP contribution in [0.15, 0.2) is 83.0 Å². The zero-order valence-corrected chi connectivity index (χ0v) is 19.7. The number of hydrogen-bond acceptors (Lipinski definition) is 4. The zero-order valence-electron chi connectivity index (χ0n) is 19.7. The SMILES string of the molecule is CC1=C(c2nc(-c3ccc(C)cc3)no2)C(c2ccc(F)cc2)NC(=O)N1Cc1ccccc1C. The Kier molecular flexibility index (Phi) is 5.91. The van der Waals surface area contributed by atoms with Crippen LogP contribution in [0.2, 0.25) is 0 Å². The molecule has 4 aromatic rings. The number of carbonyl (C=O) groups is 1. The Morgan fingerprint density at radius 2 is 1.69 bits per heavy atom. The van der Waals surface area contributed by atoms with E-state index in [0.717, 1.165) is 27.8 Å². The first-order chi connectivity index (χ1) is 16.9. The number of carbonyl (C=O) groups excluding carboxylic acids is 1. The molecule has 0 bridgehead atoms. The van der Waals surface area contributed by atoms with E-state index in [-0.39, 0.29) is 11.8 Å². The minimum absolute atomic E-state index is 0.248. The predicted molar refractivity (Wildman–Crippen MR) is 131 cm³/mol. The Bertz CT molecular complexity index is 1410. The van der Waals surface area contributed by atoms with Crippen molar-refractivity contribution in [2.24, 2.45) is 0 Å². The number of amides is 2. The first-order valence-corrected chi connectivity index (χ1v) is 11.4. The van der Waals surface area contributed by atoms with Crippen LogP contribution in [0.3, 0.4) is 0 Å². The second-order valence-corrected chi connectivity index (χ2v) is 8.73. The summed E-state index contributed by atoms with van der Waals surface area (Å²) >= 11 is 0. The lowest BCUT2D eigenvalue weighted by Gasteiger charge is -2.35. The fourth-order valence-electron chi connectivity index (χ4n) is 4.26. The van der Waals surface area contributed by atoms with Crippen LogP contribution >= 0.6 is 0 Å². The molecule has 0 radical (unpaired) electrons. The standard InChI is InChI=1S/C28H25FN4O2/c1-17-8-10-21(11-9-17)26-31-27(35-32-26)24-19(3)33(16-22-7-5-4-6-18(22)2)28(34)30-25(24)20-12-14-23(29)15-13-20/h4-15,25H,16H2,1-3H3,(H,30,34). The molecule has 35 heavy (non-hydrogen) atoms. The molecular formula is C28H25FN4O2. The lowest BCUT2D eigenvalue weighted by Crippen LogP contribution is -2.45. The van der Waals surface area contributed by atoms with Crippen molar-refractivity contribution in [3.05, 3.63) is 112 Å². The minimum Gasteiger partial charge on any atom is -0.334 e. The van der Waals surface area contributed by atoms with Gasteiger partial charge in [-0.25, -0.2) is 9.18 Å². The molecule has 1 N–H and O–H groups in total. The van der Waals surface area contributed by atoms with Gasteiger partial charge in [0.2, 0.25) is 5.82 Å². The summed E-state index contributed by atoms with van der Waals surface area (Å²) in [6, 6.07) is 21.0. The van der Waals surface area contributed by atoms with E-state index in [1.54, 1.807) is 17.0 Å². The molecule has 1 unspecified atom stereocenters. The van der Waals surface area contributed by atoms with Gasteiger partial charge in [-0.2, -0.15) is 4.98 Å². The maximum atomic E-state index is 13.6. The molecule has 5 rings (SSSR count). The highest BCUT2D eigenvalue weighted by Gasteiger charge is 2.36. The zero-order chi connectivity index (χ0) is 24.5. The number of hydrogen-bond donors (Lipinski definition) is 1. The average molecular weight is 469 g/mol. The Morgan fingerprint density at radius 1 is 0.971 bits per heavy atom. The van der Waals surface area contributed by atoms with E-state index < -0.39 is 6.04 Å². The van der Waals surface area contributed by atoms with Gasteiger partial charge in [0.15, 0.2) is 0 Å².